The molecule has 2 heterocycles. The largest absolute Gasteiger partial charge is 0.486 e. The van der Waals surface area contributed by atoms with Gasteiger partial charge in [-0.3, -0.25) is 4.79 Å². The van der Waals surface area contributed by atoms with E-state index in [9.17, 15) is 14.4 Å². The molecule has 0 radical (unpaired) electrons. The number of benzene rings is 2. The van der Waals surface area contributed by atoms with Crippen molar-refractivity contribution in [3.05, 3.63) is 59.5 Å². The lowest BCUT2D eigenvalue weighted by Crippen LogP contribution is -2.26. The monoisotopic (exact) mass is 467 g/mol. The zero-order valence-electron chi connectivity index (χ0n) is 17.7. The zero-order chi connectivity index (χ0) is 23.2. The number of hydrogen-bond donors (Lipinski definition) is 2. The number of nitrogens with one attached hydrogen (secondary N) is 1. The zero-order valence-corrected chi connectivity index (χ0v) is 18.5. The van der Waals surface area contributed by atoms with Crippen LogP contribution in [0.3, 0.4) is 0 Å². The van der Waals surface area contributed by atoms with E-state index in [1.54, 1.807) is 12.1 Å². The van der Waals surface area contributed by atoms with Crippen molar-refractivity contribution in [1.82, 2.24) is 15.1 Å². The average Bonchev–Trinajstić information content (AvgIpc) is 3.15. The van der Waals surface area contributed by atoms with E-state index in [1.807, 2.05) is 18.2 Å². The molecule has 4 rings (SSSR count). The number of nitriles is 1. The number of aryl methyl sites for hydroxylation is 1. The summed E-state index contributed by atoms with van der Waals surface area (Å²) >= 11 is 1.42. The lowest BCUT2D eigenvalue weighted by atomic mass is 10.1. The van der Waals surface area contributed by atoms with Crippen molar-refractivity contribution < 1.29 is 18.7 Å². The number of amides is 1. The van der Waals surface area contributed by atoms with Crippen LogP contribution in [-0.4, -0.2) is 41.2 Å². The Kier molecular flexibility index (Phi) is 7.00. The topological polar surface area (TPSA) is 115 Å². The van der Waals surface area contributed by atoms with Crippen LogP contribution in [-0.2, 0) is 11.2 Å². The molecule has 1 aliphatic heterocycles. The van der Waals surface area contributed by atoms with Crippen LogP contribution in [0.1, 0.15) is 17.7 Å². The Morgan fingerprint density at radius 3 is 2.73 bits per heavy atom. The number of hydrogen-bond acceptors (Lipinski definition) is 7. The second-order valence-electron chi connectivity index (χ2n) is 7.25. The van der Waals surface area contributed by atoms with Gasteiger partial charge in [-0.2, -0.15) is 10.4 Å². The third-order valence-electron chi connectivity index (χ3n) is 4.97. The molecule has 1 amide bonds. The molecule has 8 nitrogen and oxygen atoms in total. The summed E-state index contributed by atoms with van der Waals surface area (Å²) in [5, 5.41) is 16.8. The van der Waals surface area contributed by atoms with Crippen molar-refractivity contribution >= 4 is 23.5 Å². The van der Waals surface area contributed by atoms with Crippen LogP contribution >= 0.6 is 11.8 Å². The normalized spacial score (nSPS) is 12.2. The first-order chi connectivity index (χ1) is 16.0. The Labute approximate surface area is 194 Å². The molecule has 0 bridgehead atoms. The Bertz CT molecular complexity index is 1190. The van der Waals surface area contributed by atoms with Gasteiger partial charge in [-0.15, -0.1) is 11.8 Å². The number of ether oxygens (including phenoxy) is 2. The number of aromatic nitrogens is 2. The number of carbonyl (C=O) groups is 1. The molecule has 0 fully saturated rings. The summed E-state index contributed by atoms with van der Waals surface area (Å²) in [5.41, 5.74) is 7.47. The third-order valence-corrected chi connectivity index (χ3v) is 5.97. The minimum absolute atomic E-state index is 0.0910. The number of thioether (sulfide) groups is 1. The minimum Gasteiger partial charge on any atom is -0.486 e. The lowest BCUT2D eigenvalue weighted by Gasteiger charge is -2.18. The summed E-state index contributed by atoms with van der Waals surface area (Å²) in [7, 11) is 0. The van der Waals surface area contributed by atoms with E-state index < -0.39 is 0 Å². The molecule has 1 aliphatic rings. The highest BCUT2D eigenvalue weighted by atomic mass is 32.2. The van der Waals surface area contributed by atoms with Crippen LogP contribution in [0.15, 0.2) is 47.4 Å². The van der Waals surface area contributed by atoms with Crippen molar-refractivity contribution in [2.45, 2.75) is 17.7 Å². The van der Waals surface area contributed by atoms with Crippen LogP contribution in [0.4, 0.5) is 10.2 Å². The van der Waals surface area contributed by atoms with Crippen molar-refractivity contribution in [2.75, 3.05) is 31.2 Å². The molecule has 0 saturated heterocycles. The molecule has 10 heteroatoms. The smallest absolute Gasteiger partial charge is 0.230 e. The van der Waals surface area contributed by atoms with Crippen molar-refractivity contribution in [3.63, 3.8) is 0 Å². The Hall–Kier alpha value is -3.71. The van der Waals surface area contributed by atoms with Crippen molar-refractivity contribution in [3.8, 4) is 23.3 Å². The maximum atomic E-state index is 13.2. The highest BCUT2D eigenvalue weighted by molar-refractivity contribution is 8.00. The molecule has 0 spiro atoms. The SMILES string of the molecule is N#Cc1c(CCCNC(=O)CSc2ccc3c(c2)OCCO3)nn(-c2ccc(F)cc2)c1N. The molecule has 2 aromatic carbocycles. The van der Waals surface area contributed by atoms with E-state index >= 15 is 0 Å². The summed E-state index contributed by atoms with van der Waals surface area (Å²) in [6.07, 6.45) is 1.06. The van der Waals surface area contributed by atoms with Gasteiger partial charge in [-0.25, -0.2) is 9.07 Å². The summed E-state index contributed by atoms with van der Waals surface area (Å²) < 4.78 is 25.7. The number of nitrogens with two attached hydrogens (primary N) is 1. The molecule has 0 saturated carbocycles. The number of anilines is 1. The molecular formula is C23H22FN5O3S. The van der Waals surface area contributed by atoms with E-state index in [4.69, 9.17) is 15.2 Å². The van der Waals surface area contributed by atoms with Gasteiger partial charge in [0.1, 0.15) is 36.5 Å². The number of nitrogen functional groups attached to an aromatic ring is 1. The maximum Gasteiger partial charge on any atom is 0.230 e. The quantitative estimate of drug-likeness (QED) is 0.386. The lowest BCUT2D eigenvalue weighted by molar-refractivity contribution is -0.118. The van der Waals surface area contributed by atoms with E-state index in [1.165, 1.54) is 28.6 Å². The first-order valence-corrected chi connectivity index (χ1v) is 11.4. The molecule has 0 unspecified atom stereocenters. The number of halogens is 1. The molecule has 33 heavy (non-hydrogen) atoms. The fourth-order valence-corrected chi connectivity index (χ4v) is 4.11. The third kappa shape index (κ3) is 5.38. The van der Waals surface area contributed by atoms with Crippen LogP contribution in [0, 0.1) is 17.1 Å². The number of fused-ring (bicyclic) bond motifs is 1. The molecular weight excluding hydrogens is 445 g/mol. The standard InChI is InChI=1S/C23H22FN5O3S/c24-15-3-5-16(6-4-15)29-23(26)18(13-25)19(28-29)2-1-9-27-22(30)14-33-17-7-8-20-21(12-17)32-11-10-31-20/h3-8,12H,1-2,9-11,14,26H2,(H,27,30). The molecule has 1 aromatic heterocycles. The van der Waals surface area contributed by atoms with Gasteiger partial charge in [0.15, 0.2) is 11.5 Å². The van der Waals surface area contributed by atoms with Crippen molar-refractivity contribution in [2.24, 2.45) is 0 Å². The van der Waals surface area contributed by atoms with Crippen molar-refractivity contribution in [1.29, 1.82) is 5.26 Å². The minimum atomic E-state index is -0.368. The van der Waals surface area contributed by atoms with Gasteiger partial charge in [0, 0.05) is 11.4 Å². The average molecular weight is 468 g/mol. The van der Waals surface area contributed by atoms with Crippen LogP contribution in [0.2, 0.25) is 0 Å². The van der Waals surface area contributed by atoms with Gasteiger partial charge in [0.2, 0.25) is 5.91 Å². The fraction of sp³-hybridized carbons (Fsp3) is 0.261. The maximum absolute atomic E-state index is 13.2. The Morgan fingerprint density at radius 1 is 1.21 bits per heavy atom. The predicted molar refractivity (Wildman–Crippen MR) is 122 cm³/mol. The second kappa shape index (κ2) is 10.3. The fourth-order valence-electron chi connectivity index (χ4n) is 3.35. The van der Waals surface area contributed by atoms with Crippen LogP contribution in [0.5, 0.6) is 11.5 Å². The van der Waals surface area contributed by atoms with Gasteiger partial charge in [-0.1, -0.05) is 0 Å². The summed E-state index contributed by atoms with van der Waals surface area (Å²) in [4.78, 5) is 13.1. The highest BCUT2D eigenvalue weighted by Gasteiger charge is 2.17. The molecule has 0 atom stereocenters. The number of nitrogens with zero attached hydrogens (tertiary/aromatic N) is 3. The first kappa shape index (κ1) is 22.5. The first-order valence-electron chi connectivity index (χ1n) is 10.4. The molecule has 3 N–H and O–H groups in total. The predicted octanol–water partition coefficient (Wildman–Crippen LogP) is 3.08. The Morgan fingerprint density at radius 2 is 1.97 bits per heavy atom. The van der Waals surface area contributed by atoms with E-state index in [0.29, 0.717) is 61.0 Å². The van der Waals surface area contributed by atoms with Gasteiger partial charge in [-0.05, 0) is 55.3 Å². The summed E-state index contributed by atoms with van der Waals surface area (Å²) in [5.74, 6) is 1.43. The van der Waals surface area contributed by atoms with Gasteiger partial charge >= 0.3 is 0 Å². The van der Waals surface area contributed by atoms with E-state index in [0.717, 1.165) is 4.90 Å². The summed E-state index contributed by atoms with van der Waals surface area (Å²) in [6.45, 7) is 1.49. The molecule has 0 aliphatic carbocycles. The van der Waals surface area contributed by atoms with Gasteiger partial charge in [0.25, 0.3) is 0 Å². The number of carbonyl (C=O) groups excluding carboxylic acids is 1. The number of rotatable bonds is 8. The van der Waals surface area contributed by atoms with Gasteiger partial charge < -0.3 is 20.5 Å². The van der Waals surface area contributed by atoms with Gasteiger partial charge in [0.05, 0.1) is 17.1 Å². The molecule has 3 aromatic rings. The molecule has 170 valence electrons. The highest BCUT2D eigenvalue weighted by Crippen LogP contribution is 2.34. The second-order valence-corrected chi connectivity index (χ2v) is 8.30. The van der Waals surface area contributed by atoms with E-state index in [2.05, 4.69) is 16.5 Å². The Balaban J connectivity index is 1.26. The van der Waals surface area contributed by atoms with Crippen LogP contribution in [0.25, 0.3) is 5.69 Å². The van der Waals surface area contributed by atoms with Crippen LogP contribution < -0.4 is 20.5 Å². The summed E-state index contributed by atoms with van der Waals surface area (Å²) in [6, 6.07) is 13.4. The van der Waals surface area contributed by atoms with E-state index in [-0.39, 0.29) is 23.3 Å².